The van der Waals surface area contributed by atoms with Gasteiger partial charge in [0.05, 0.1) is 6.26 Å². The largest absolute Gasteiger partial charge is 0.464 e. The zero-order valence-corrected chi connectivity index (χ0v) is 15.7. The van der Waals surface area contributed by atoms with Gasteiger partial charge >= 0.3 is 0 Å². The van der Waals surface area contributed by atoms with Gasteiger partial charge in [0.15, 0.2) is 0 Å². The van der Waals surface area contributed by atoms with E-state index in [0.717, 1.165) is 17.8 Å². The molecule has 0 aliphatic rings. The minimum Gasteiger partial charge on any atom is -0.464 e. The number of allylic oxidation sites excluding steroid dienone is 1. The molecule has 0 saturated heterocycles. The van der Waals surface area contributed by atoms with Gasteiger partial charge in [0.1, 0.15) is 5.76 Å². The summed E-state index contributed by atoms with van der Waals surface area (Å²) in [5, 5.41) is 0. The first kappa shape index (κ1) is 18.3. The average Bonchev–Trinajstić information content (AvgIpc) is 3.22. The fourth-order valence-corrected chi connectivity index (χ4v) is 3.23. The summed E-state index contributed by atoms with van der Waals surface area (Å²) in [6.45, 7) is 2.26. The first-order valence-corrected chi connectivity index (χ1v) is 9.74. The minimum absolute atomic E-state index is 0.898. The summed E-state index contributed by atoms with van der Waals surface area (Å²) in [6, 6.07) is 23.5. The summed E-state index contributed by atoms with van der Waals surface area (Å²) in [5.41, 5.74) is 5.11. The number of furan rings is 1. The first-order chi connectivity index (χ1) is 12.9. The minimum atomic E-state index is 0.898. The Bertz CT molecular complexity index is 780. The molecular formula is C25H28O. The highest BCUT2D eigenvalue weighted by atomic mass is 16.3. The van der Waals surface area contributed by atoms with Crippen molar-refractivity contribution in [2.24, 2.45) is 0 Å². The molecule has 3 aromatic rings. The summed E-state index contributed by atoms with van der Waals surface area (Å²) in [4.78, 5) is 0. The second-order valence-electron chi connectivity index (χ2n) is 6.79. The van der Waals surface area contributed by atoms with Crippen LogP contribution in [-0.2, 0) is 12.8 Å². The van der Waals surface area contributed by atoms with Crippen molar-refractivity contribution >= 4 is 5.57 Å². The number of unbranched alkanes of at least 4 members (excludes halogenated alkanes) is 3. The quantitative estimate of drug-likeness (QED) is 0.378. The van der Waals surface area contributed by atoms with Gasteiger partial charge < -0.3 is 4.42 Å². The van der Waals surface area contributed by atoms with Crippen molar-refractivity contribution < 1.29 is 4.42 Å². The van der Waals surface area contributed by atoms with Crippen LogP contribution in [0.2, 0.25) is 0 Å². The van der Waals surface area contributed by atoms with Gasteiger partial charge in [-0.15, -0.1) is 0 Å². The van der Waals surface area contributed by atoms with Crippen LogP contribution in [0, 0.1) is 0 Å². The van der Waals surface area contributed by atoms with Gasteiger partial charge in [0.25, 0.3) is 0 Å². The molecule has 0 aliphatic carbocycles. The summed E-state index contributed by atoms with van der Waals surface area (Å²) in [6.07, 6.45) is 11.3. The van der Waals surface area contributed by atoms with Crippen LogP contribution in [0.5, 0.6) is 0 Å². The number of benzene rings is 2. The van der Waals surface area contributed by atoms with Gasteiger partial charge in [-0.3, -0.25) is 0 Å². The molecule has 0 saturated carbocycles. The Morgan fingerprint density at radius 1 is 0.808 bits per heavy atom. The van der Waals surface area contributed by atoms with Crippen molar-refractivity contribution in [3.63, 3.8) is 0 Å². The van der Waals surface area contributed by atoms with Crippen LogP contribution < -0.4 is 0 Å². The maximum Gasteiger partial charge on any atom is 0.134 e. The highest BCUT2D eigenvalue weighted by molar-refractivity contribution is 5.77. The monoisotopic (exact) mass is 344 g/mol. The molecule has 26 heavy (non-hydrogen) atoms. The molecule has 0 spiro atoms. The zero-order valence-electron chi connectivity index (χ0n) is 15.7. The van der Waals surface area contributed by atoms with Gasteiger partial charge in [-0.25, -0.2) is 0 Å². The first-order valence-electron chi connectivity index (χ1n) is 9.74. The van der Waals surface area contributed by atoms with Crippen molar-refractivity contribution in [3.8, 4) is 0 Å². The third-order valence-corrected chi connectivity index (χ3v) is 4.76. The van der Waals surface area contributed by atoms with Crippen molar-refractivity contribution in [1.29, 1.82) is 0 Å². The zero-order chi connectivity index (χ0) is 18.0. The van der Waals surface area contributed by atoms with E-state index in [1.165, 1.54) is 48.8 Å². The van der Waals surface area contributed by atoms with Gasteiger partial charge in [-0.1, -0.05) is 86.9 Å². The Labute approximate surface area is 157 Å². The predicted octanol–water partition coefficient (Wildman–Crippen LogP) is 7.08. The highest BCUT2D eigenvalue weighted by Gasteiger charge is 2.08. The number of rotatable bonds is 9. The van der Waals surface area contributed by atoms with Crippen LogP contribution in [0.1, 0.15) is 55.1 Å². The molecule has 0 unspecified atom stereocenters. The predicted molar refractivity (Wildman–Crippen MR) is 110 cm³/mol. The molecule has 0 fully saturated rings. The molecule has 134 valence electrons. The molecule has 0 amide bonds. The Morgan fingerprint density at radius 2 is 1.62 bits per heavy atom. The second kappa shape index (κ2) is 9.82. The lowest BCUT2D eigenvalue weighted by molar-refractivity contribution is 0.553. The van der Waals surface area contributed by atoms with Gasteiger partial charge in [0.2, 0.25) is 0 Å². The van der Waals surface area contributed by atoms with E-state index in [1.807, 2.05) is 12.1 Å². The van der Waals surface area contributed by atoms with E-state index in [9.17, 15) is 0 Å². The lowest BCUT2D eigenvalue weighted by Gasteiger charge is -2.08. The standard InChI is InChI=1S/C25H28O/c1-2-3-4-6-12-22-14-17-23(18-15-22)24(25-13-9-20-26-25)19-16-21-10-7-5-8-11-21/h5,7-11,13-15,17-20H,2-4,6,12,16H2,1H3/b24-19+. The average molecular weight is 344 g/mol. The molecule has 0 N–H and O–H groups in total. The molecule has 0 radical (unpaired) electrons. The molecule has 3 rings (SSSR count). The highest BCUT2D eigenvalue weighted by Crippen LogP contribution is 2.25. The van der Waals surface area contributed by atoms with Gasteiger partial charge in [-0.2, -0.15) is 0 Å². The molecular weight excluding hydrogens is 316 g/mol. The van der Waals surface area contributed by atoms with Crippen molar-refractivity contribution in [1.82, 2.24) is 0 Å². The molecule has 0 atom stereocenters. The van der Waals surface area contributed by atoms with Gasteiger partial charge in [-0.05, 0) is 48.1 Å². The van der Waals surface area contributed by atoms with E-state index in [-0.39, 0.29) is 0 Å². The van der Waals surface area contributed by atoms with Crippen LogP contribution in [0.3, 0.4) is 0 Å². The maximum atomic E-state index is 5.69. The Morgan fingerprint density at radius 3 is 2.31 bits per heavy atom. The normalized spacial score (nSPS) is 11.7. The Balaban J connectivity index is 1.75. The van der Waals surface area contributed by atoms with Crippen LogP contribution >= 0.6 is 0 Å². The molecule has 1 heterocycles. The third kappa shape index (κ3) is 5.23. The SMILES string of the molecule is CCCCCCc1ccc(/C(=C\Cc2ccccc2)c2ccco2)cc1. The Hall–Kier alpha value is -2.54. The van der Waals surface area contributed by atoms with E-state index in [1.54, 1.807) is 6.26 Å². The van der Waals surface area contributed by atoms with Gasteiger partial charge in [0, 0.05) is 5.57 Å². The molecule has 0 bridgehead atoms. The summed E-state index contributed by atoms with van der Waals surface area (Å²) in [7, 11) is 0. The molecule has 2 aromatic carbocycles. The van der Waals surface area contributed by atoms with Crippen LogP contribution in [-0.4, -0.2) is 0 Å². The Kier molecular flexibility index (Phi) is 6.89. The van der Waals surface area contributed by atoms with E-state index < -0.39 is 0 Å². The lowest BCUT2D eigenvalue weighted by atomic mass is 9.98. The molecule has 1 nitrogen and oxygen atoms in total. The summed E-state index contributed by atoms with van der Waals surface area (Å²) >= 11 is 0. The molecule has 1 aromatic heterocycles. The number of hydrogen-bond acceptors (Lipinski definition) is 1. The van der Waals surface area contributed by atoms with Crippen molar-refractivity contribution in [3.05, 3.63) is 102 Å². The summed E-state index contributed by atoms with van der Waals surface area (Å²) in [5.74, 6) is 0.927. The third-order valence-electron chi connectivity index (χ3n) is 4.76. The van der Waals surface area contributed by atoms with E-state index >= 15 is 0 Å². The lowest BCUT2D eigenvalue weighted by Crippen LogP contribution is -1.91. The van der Waals surface area contributed by atoms with E-state index in [4.69, 9.17) is 4.42 Å². The summed E-state index contributed by atoms with van der Waals surface area (Å²) < 4.78 is 5.69. The van der Waals surface area contributed by atoms with Crippen molar-refractivity contribution in [2.75, 3.05) is 0 Å². The number of hydrogen-bond donors (Lipinski definition) is 0. The smallest absolute Gasteiger partial charge is 0.134 e. The topological polar surface area (TPSA) is 13.1 Å². The van der Waals surface area contributed by atoms with E-state index in [2.05, 4.69) is 67.6 Å². The molecule has 0 aliphatic heterocycles. The fraction of sp³-hybridized carbons (Fsp3) is 0.280. The van der Waals surface area contributed by atoms with Crippen LogP contribution in [0.15, 0.2) is 83.5 Å². The number of aryl methyl sites for hydroxylation is 1. The van der Waals surface area contributed by atoms with Crippen LogP contribution in [0.25, 0.3) is 5.57 Å². The molecule has 1 heteroatoms. The van der Waals surface area contributed by atoms with E-state index in [0.29, 0.717) is 0 Å². The fourth-order valence-electron chi connectivity index (χ4n) is 3.23. The van der Waals surface area contributed by atoms with Crippen molar-refractivity contribution in [2.45, 2.75) is 45.4 Å². The second-order valence-corrected chi connectivity index (χ2v) is 6.79. The maximum absolute atomic E-state index is 5.69. The van der Waals surface area contributed by atoms with Crippen LogP contribution in [0.4, 0.5) is 0 Å².